The van der Waals surface area contributed by atoms with E-state index in [2.05, 4.69) is 10.9 Å². The van der Waals surface area contributed by atoms with Crippen LogP contribution in [0.4, 0.5) is 4.79 Å². The summed E-state index contributed by atoms with van der Waals surface area (Å²) in [6, 6.07) is 0. The molecule has 108 valence electrons. The van der Waals surface area contributed by atoms with Crippen molar-refractivity contribution in [3.8, 4) is 0 Å². The summed E-state index contributed by atoms with van der Waals surface area (Å²) in [5, 5.41) is 0. The second kappa shape index (κ2) is 10.1. The van der Waals surface area contributed by atoms with Gasteiger partial charge in [0.2, 0.25) is 0 Å². The Hall–Kier alpha value is -0.890. The summed E-state index contributed by atoms with van der Waals surface area (Å²) in [5.41, 5.74) is 9.87. The van der Waals surface area contributed by atoms with Crippen molar-refractivity contribution in [3.05, 3.63) is 0 Å². The van der Waals surface area contributed by atoms with Crippen LogP contribution in [0.2, 0.25) is 0 Å². The van der Waals surface area contributed by atoms with Crippen molar-refractivity contribution in [2.75, 3.05) is 39.5 Å². The molecule has 0 saturated carbocycles. The fraction of sp³-hybridized carbons (Fsp3) is 0.909. The van der Waals surface area contributed by atoms with Gasteiger partial charge in [0.15, 0.2) is 0 Å². The van der Waals surface area contributed by atoms with E-state index in [1.165, 1.54) is 0 Å². The molecule has 0 unspecified atom stereocenters. The lowest BCUT2D eigenvalue weighted by Crippen LogP contribution is -2.42. The molecule has 0 spiro atoms. The molecular formula is C11H25N3O4. The minimum atomic E-state index is -0.506. The zero-order valence-corrected chi connectivity index (χ0v) is 11.5. The highest BCUT2D eigenvalue weighted by Crippen LogP contribution is 2.05. The van der Waals surface area contributed by atoms with Gasteiger partial charge in [0.05, 0.1) is 26.4 Å². The number of hydrogen-bond acceptors (Lipinski definition) is 6. The average Bonchev–Trinajstić information content (AvgIpc) is 2.24. The van der Waals surface area contributed by atoms with Gasteiger partial charge in [0.1, 0.15) is 5.60 Å². The number of rotatable bonds is 9. The monoisotopic (exact) mass is 263 g/mol. The predicted molar refractivity (Wildman–Crippen MR) is 68.1 cm³/mol. The third-order valence-electron chi connectivity index (χ3n) is 1.59. The second-order valence-corrected chi connectivity index (χ2v) is 4.57. The van der Waals surface area contributed by atoms with E-state index < -0.39 is 11.7 Å². The smallest absolute Gasteiger partial charge is 0.422 e. The van der Waals surface area contributed by atoms with Crippen LogP contribution in [0.5, 0.6) is 0 Å². The number of carbonyl (C=O) groups is 1. The molecule has 4 N–H and O–H groups in total. The molecule has 7 nitrogen and oxygen atoms in total. The largest absolute Gasteiger partial charge is 0.443 e. The first-order valence-corrected chi connectivity index (χ1v) is 6.03. The predicted octanol–water partition coefficient (Wildman–Crippen LogP) is 0.00760. The maximum absolute atomic E-state index is 11.2. The lowest BCUT2D eigenvalue weighted by molar-refractivity contribution is 0.0430. The fourth-order valence-electron chi connectivity index (χ4n) is 0.967. The number of hydrogen-bond donors (Lipinski definition) is 3. The summed E-state index contributed by atoms with van der Waals surface area (Å²) in [4.78, 5) is 11.2. The van der Waals surface area contributed by atoms with E-state index in [0.717, 1.165) is 0 Å². The Labute approximate surface area is 108 Å². The van der Waals surface area contributed by atoms with Gasteiger partial charge in [0.25, 0.3) is 0 Å². The van der Waals surface area contributed by atoms with Gasteiger partial charge >= 0.3 is 6.09 Å². The molecule has 0 radical (unpaired) electrons. The molecule has 0 rings (SSSR count). The van der Waals surface area contributed by atoms with Gasteiger partial charge < -0.3 is 19.9 Å². The number of carbonyl (C=O) groups excluding carboxylic acids is 1. The van der Waals surface area contributed by atoms with Crippen molar-refractivity contribution in [3.63, 3.8) is 0 Å². The quantitative estimate of drug-likeness (QED) is 0.400. The molecule has 0 aliphatic carbocycles. The first-order chi connectivity index (χ1) is 8.45. The minimum absolute atomic E-state index is 0.474. The summed E-state index contributed by atoms with van der Waals surface area (Å²) < 4.78 is 15.4. The lowest BCUT2D eigenvalue weighted by Gasteiger charge is -2.19. The molecule has 0 heterocycles. The van der Waals surface area contributed by atoms with Gasteiger partial charge in [-0.3, -0.25) is 5.43 Å². The normalized spacial score (nSPS) is 11.3. The summed E-state index contributed by atoms with van der Waals surface area (Å²) in [7, 11) is 0. The van der Waals surface area contributed by atoms with Crippen molar-refractivity contribution in [1.29, 1.82) is 0 Å². The zero-order valence-electron chi connectivity index (χ0n) is 11.5. The Morgan fingerprint density at radius 1 is 1.11 bits per heavy atom. The van der Waals surface area contributed by atoms with Gasteiger partial charge in [-0.1, -0.05) is 0 Å². The van der Waals surface area contributed by atoms with Crippen LogP contribution in [0.3, 0.4) is 0 Å². The number of nitrogens with two attached hydrogens (primary N) is 1. The van der Waals surface area contributed by atoms with Crippen molar-refractivity contribution in [1.82, 2.24) is 10.9 Å². The molecule has 0 atom stereocenters. The number of amides is 1. The van der Waals surface area contributed by atoms with Crippen LogP contribution in [0, 0.1) is 0 Å². The van der Waals surface area contributed by atoms with Crippen LogP contribution in [-0.2, 0) is 14.2 Å². The molecule has 0 aliphatic heterocycles. The Balaban J connectivity index is 3.23. The van der Waals surface area contributed by atoms with Crippen molar-refractivity contribution in [2.45, 2.75) is 26.4 Å². The highest BCUT2D eigenvalue weighted by atomic mass is 16.6. The third kappa shape index (κ3) is 13.2. The topological polar surface area (TPSA) is 94.8 Å². The summed E-state index contributed by atoms with van der Waals surface area (Å²) >= 11 is 0. The van der Waals surface area contributed by atoms with Crippen molar-refractivity contribution in [2.24, 2.45) is 5.73 Å². The maximum Gasteiger partial charge on any atom is 0.422 e. The third-order valence-corrected chi connectivity index (χ3v) is 1.59. The summed E-state index contributed by atoms with van der Waals surface area (Å²) in [6.07, 6.45) is -0.506. The Morgan fingerprint density at radius 2 is 1.72 bits per heavy atom. The second-order valence-electron chi connectivity index (χ2n) is 4.57. The molecule has 0 bridgehead atoms. The lowest BCUT2D eigenvalue weighted by atomic mass is 10.2. The Kier molecular flexibility index (Phi) is 9.57. The molecule has 1 amide bonds. The first kappa shape index (κ1) is 17.1. The van der Waals surface area contributed by atoms with Crippen LogP contribution in [0.15, 0.2) is 0 Å². The van der Waals surface area contributed by atoms with Crippen molar-refractivity contribution >= 4 is 6.09 Å². The van der Waals surface area contributed by atoms with Crippen molar-refractivity contribution < 1.29 is 19.0 Å². The van der Waals surface area contributed by atoms with Gasteiger partial charge in [0, 0.05) is 13.1 Å². The molecule has 0 aliphatic rings. The van der Waals surface area contributed by atoms with Crippen LogP contribution < -0.4 is 16.6 Å². The molecule has 18 heavy (non-hydrogen) atoms. The van der Waals surface area contributed by atoms with E-state index in [1.54, 1.807) is 20.8 Å². The van der Waals surface area contributed by atoms with E-state index in [-0.39, 0.29) is 0 Å². The average molecular weight is 263 g/mol. The highest BCUT2D eigenvalue weighted by molar-refractivity contribution is 5.66. The fourth-order valence-corrected chi connectivity index (χ4v) is 0.967. The molecule has 0 fully saturated rings. The van der Waals surface area contributed by atoms with Crippen LogP contribution in [0.1, 0.15) is 20.8 Å². The molecule has 0 aromatic carbocycles. The Bertz CT molecular complexity index is 219. The van der Waals surface area contributed by atoms with E-state index in [9.17, 15) is 4.79 Å². The van der Waals surface area contributed by atoms with Crippen LogP contribution in [-0.4, -0.2) is 51.2 Å². The van der Waals surface area contributed by atoms with Crippen LogP contribution in [0.25, 0.3) is 0 Å². The first-order valence-electron chi connectivity index (χ1n) is 6.03. The molecule has 0 aromatic rings. The minimum Gasteiger partial charge on any atom is -0.443 e. The molecule has 7 heteroatoms. The highest BCUT2D eigenvalue weighted by Gasteiger charge is 2.15. The summed E-state index contributed by atoms with van der Waals surface area (Å²) in [5.74, 6) is 0. The van der Waals surface area contributed by atoms with Gasteiger partial charge in [-0.2, -0.15) is 0 Å². The SMILES string of the molecule is CC(C)(C)OC(=O)NNCCOCCOCCN. The van der Waals surface area contributed by atoms with E-state index in [1.807, 2.05) is 0 Å². The molecular weight excluding hydrogens is 238 g/mol. The van der Waals surface area contributed by atoms with E-state index in [4.69, 9.17) is 19.9 Å². The van der Waals surface area contributed by atoms with E-state index >= 15 is 0 Å². The molecule has 0 aromatic heterocycles. The van der Waals surface area contributed by atoms with Gasteiger partial charge in [-0.25, -0.2) is 10.2 Å². The molecule has 0 saturated heterocycles. The maximum atomic E-state index is 11.2. The van der Waals surface area contributed by atoms with Gasteiger partial charge in [-0.05, 0) is 20.8 Å². The van der Waals surface area contributed by atoms with Crippen LogP contribution >= 0.6 is 0 Å². The number of ether oxygens (including phenoxy) is 3. The number of nitrogens with one attached hydrogen (secondary N) is 2. The van der Waals surface area contributed by atoms with E-state index in [0.29, 0.717) is 39.5 Å². The zero-order chi connectivity index (χ0) is 13.9. The standard InChI is InChI=1S/C11H25N3O4/c1-11(2,3)18-10(15)14-13-5-7-17-9-8-16-6-4-12/h13H,4-9,12H2,1-3H3,(H,14,15). The number of hydrazine groups is 1. The Morgan fingerprint density at radius 3 is 2.28 bits per heavy atom. The van der Waals surface area contributed by atoms with Gasteiger partial charge in [-0.15, -0.1) is 0 Å². The summed E-state index contributed by atoms with van der Waals surface area (Å²) in [6.45, 7) is 8.47.